The molecule has 2 heterocycles. The van der Waals surface area contributed by atoms with Crippen molar-refractivity contribution in [2.75, 3.05) is 26.4 Å². The first-order valence-corrected chi connectivity index (χ1v) is 12.5. The topological polar surface area (TPSA) is 297 Å². The van der Waals surface area contributed by atoms with Gasteiger partial charge in [-0.05, 0) is 0 Å². The Bertz CT molecular complexity index is 807. The second kappa shape index (κ2) is 15.6. The van der Waals surface area contributed by atoms with Crippen molar-refractivity contribution in [3.05, 3.63) is 0 Å². The Kier molecular flexibility index (Phi) is 13.5. The van der Waals surface area contributed by atoms with Gasteiger partial charge in [-0.1, -0.05) is 0 Å². The Morgan fingerprint density at radius 3 is 1.85 bits per heavy atom. The average Bonchev–Trinajstić information content (AvgIpc) is 2.91. The van der Waals surface area contributed by atoms with Gasteiger partial charge < -0.3 is 80.6 Å². The van der Waals surface area contributed by atoms with E-state index in [1.807, 2.05) is 0 Å². The summed E-state index contributed by atoms with van der Waals surface area (Å²) in [5, 5.41) is 106. The Labute approximate surface area is 228 Å². The zero-order chi connectivity index (χ0) is 30.3. The lowest BCUT2D eigenvalue weighted by molar-refractivity contribution is -0.323. The molecule has 14 atom stereocenters. The lowest BCUT2D eigenvalue weighted by atomic mass is 9.96. The SMILES string of the molecule is CC(=O)NC1C(OC[C@@H](O)[C@H](O)[C@H](O[C@@H]2O[C@H](CO)[C@H](O)[C@H](O)[C@H]2O)[C@H](CO)NC(C)=O)OC(CO)C(O)C1O. The smallest absolute Gasteiger partial charge is 0.217 e. The molecule has 18 nitrogen and oxygen atoms in total. The highest BCUT2D eigenvalue weighted by atomic mass is 16.7. The van der Waals surface area contributed by atoms with Gasteiger partial charge in [-0.25, -0.2) is 0 Å². The van der Waals surface area contributed by atoms with Crippen molar-refractivity contribution in [2.24, 2.45) is 0 Å². The number of carbonyl (C=O) groups is 2. The van der Waals surface area contributed by atoms with Crippen LogP contribution in [0.4, 0.5) is 0 Å². The molecule has 5 unspecified atom stereocenters. The van der Waals surface area contributed by atoms with Gasteiger partial charge in [0, 0.05) is 13.8 Å². The first kappa shape index (κ1) is 34.6. The van der Waals surface area contributed by atoms with Gasteiger partial charge in [0.05, 0.1) is 32.5 Å². The van der Waals surface area contributed by atoms with E-state index in [1.54, 1.807) is 0 Å². The van der Waals surface area contributed by atoms with Crippen LogP contribution in [-0.2, 0) is 28.5 Å². The van der Waals surface area contributed by atoms with Crippen LogP contribution in [0.25, 0.3) is 0 Å². The van der Waals surface area contributed by atoms with E-state index in [2.05, 4.69) is 10.6 Å². The molecule has 2 amide bonds. The van der Waals surface area contributed by atoms with Gasteiger partial charge in [-0.2, -0.15) is 0 Å². The van der Waals surface area contributed by atoms with Crippen LogP contribution >= 0.6 is 0 Å². The molecule has 40 heavy (non-hydrogen) atoms. The van der Waals surface area contributed by atoms with Crippen LogP contribution in [0.15, 0.2) is 0 Å². The predicted molar refractivity (Wildman–Crippen MR) is 127 cm³/mol. The van der Waals surface area contributed by atoms with Crippen LogP contribution in [0, 0.1) is 0 Å². The fourth-order valence-corrected chi connectivity index (χ4v) is 4.36. The summed E-state index contributed by atoms with van der Waals surface area (Å²) < 4.78 is 21.6. The standard InChI is InChI=1S/C22H40N2O16/c1-7(28)23-9(3-25)20(40-22-19(36)18(35)16(33)12(5-27)39-22)14(31)10(30)6-37-21-13(24-8(2)29)17(34)15(32)11(4-26)38-21/h9-22,25-27,30-36H,3-6H2,1-2H3,(H,23,28)(H,24,29)/t9-,10+,11?,12+,13?,14-,15?,16-,17?,18-,19+,20+,21?,22-/m0/s1. The van der Waals surface area contributed by atoms with Gasteiger partial charge >= 0.3 is 0 Å². The number of hydrogen-bond donors (Lipinski definition) is 12. The molecule has 2 aliphatic rings. The summed E-state index contributed by atoms with van der Waals surface area (Å²) in [4.78, 5) is 23.3. The second-order valence-corrected chi connectivity index (χ2v) is 9.61. The maximum atomic E-state index is 11.7. The molecular weight excluding hydrogens is 548 g/mol. The van der Waals surface area contributed by atoms with E-state index >= 15 is 0 Å². The van der Waals surface area contributed by atoms with Gasteiger partial charge in [0.1, 0.15) is 67.1 Å². The first-order chi connectivity index (χ1) is 18.8. The number of rotatable bonds is 13. The number of hydrogen-bond acceptors (Lipinski definition) is 16. The van der Waals surface area contributed by atoms with Gasteiger partial charge in [-0.15, -0.1) is 0 Å². The largest absolute Gasteiger partial charge is 0.394 e. The lowest BCUT2D eigenvalue weighted by Gasteiger charge is -2.43. The normalized spacial score (nSPS) is 37.7. The van der Waals surface area contributed by atoms with E-state index in [1.165, 1.54) is 0 Å². The van der Waals surface area contributed by atoms with Crippen molar-refractivity contribution in [1.29, 1.82) is 0 Å². The van der Waals surface area contributed by atoms with Crippen LogP contribution in [0.5, 0.6) is 0 Å². The summed E-state index contributed by atoms with van der Waals surface area (Å²) in [6.45, 7) is -0.985. The zero-order valence-corrected chi connectivity index (χ0v) is 21.8. The van der Waals surface area contributed by atoms with Crippen molar-refractivity contribution in [1.82, 2.24) is 10.6 Å². The van der Waals surface area contributed by atoms with E-state index in [9.17, 15) is 60.7 Å². The molecule has 2 saturated heterocycles. The number of aliphatic hydroxyl groups excluding tert-OH is 10. The Hall–Kier alpha value is -1.62. The highest BCUT2D eigenvalue weighted by molar-refractivity contribution is 5.73. The molecule has 2 fully saturated rings. The van der Waals surface area contributed by atoms with Crippen LogP contribution in [-0.4, -0.2) is 175 Å². The van der Waals surface area contributed by atoms with E-state index in [0.29, 0.717) is 0 Å². The maximum absolute atomic E-state index is 11.7. The Balaban J connectivity index is 2.22. The maximum Gasteiger partial charge on any atom is 0.217 e. The van der Waals surface area contributed by atoms with Crippen LogP contribution in [0.2, 0.25) is 0 Å². The lowest BCUT2D eigenvalue weighted by Crippen LogP contribution is -2.65. The highest BCUT2D eigenvalue weighted by Crippen LogP contribution is 2.26. The van der Waals surface area contributed by atoms with Crippen LogP contribution in [0.3, 0.4) is 0 Å². The summed E-state index contributed by atoms with van der Waals surface area (Å²) in [7, 11) is 0. The van der Waals surface area contributed by atoms with Crippen molar-refractivity contribution in [3.63, 3.8) is 0 Å². The Morgan fingerprint density at radius 2 is 1.35 bits per heavy atom. The monoisotopic (exact) mass is 588 g/mol. The molecule has 2 aliphatic heterocycles. The van der Waals surface area contributed by atoms with Crippen LogP contribution < -0.4 is 10.6 Å². The van der Waals surface area contributed by atoms with Crippen molar-refractivity contribution in [2.45, 2.75) is 99.6 Å². The third-order valence-corrected chi connectivity index (χ3v) is 6.53. The summed E-state index contributed by atoms with van der Waals surface area (Å²) in [6, 6.07) is -2.78. The third-order valence-electron chi connectivity index (χ3n) is 6.53. The van der Waals surface area contributed by atoms with Gasteiger partial charge in [0.2, 0.25) is 11.8 Å². The molecule has 0 aromatic rings. The highest BCUT2D eigenvalue weighted by Gasteiger charge is 2.48. The van der Waals surface area contributed by atoms with Gasteiger partial charge in [0.25, 0.3) is 0 Å². The predicted octanol–water partition coefficient (Wildman–Crippen LogP) is -7.65. The molecule has 0 saturated carbocycles. The van der Waals surface area contributed by atoms with Crippen molar-refractivity contribution < 1.29 is 79.6 Å². The summed E-state index contributed by atoms with van der Waals surface area (Å²) >= 11 is 0. The van der Waals surface area contributed by atoms with E-state index in [-0.39, 0.29) is 0 Å². The number of nitrogens with one attached hydrogen (secondary N) is 2. The number of amides is 2. The first-order valence-electron chi connectivity index (χ1n) is 12.5. The molecule has 0 aliphatic carbocycles. The third kappa shape index (κ3) is 8.46. The van der Waals surface area contributed by atoms with Gasteiger partial charge in [-0.3, -0.25) is 9.59 Å². The molecule has 18 heteroatoms. The number of carbonyl (C=O) groups excluding carboxylic acids is 2. The van der Waals surface area contributed by atoms with Crippen molar-refractivity contribution in [3.8, 4) is 0 Å². The Morgan fingerprint density at radius 1 is 0.800 bits per heavy atom. The zero-order valence-electron chi connectivity index (χ0n) is 21.8. The minimum absolute atomic E-state index is 0.634. The van der Waals surface area contributed by atoms with Gasteiger partial charge in [0.15, 0.2) is 12.6 Å². The summed E-state index contributed by atoms with van der Waals surface area (Å²) in [6.07, 6.45) is -20.5. The van der Waals surface area contributed by atoms with E-state index in [0.717, 1.165) is 13.8 Å². The molecule has 2 rings (SSSR count). The quantitative estimate of drug-likeness (QED) is 0.0950. The molecule has 12 N–H and O–H groups in total. The fourth-order valence-electron chi connectivity index (χ4n) is 4.36. The number of ether oxygens (including phenoxy) is 4. The summed E-state index contributed by atoms with van der Waals surface area (Å²) in [5.41, 5.74) is 0. The molecule has 0 aromatic heterocycles. The summed E-state index contributed by atoms with van der Waals surface area (Å²) in [5.74, 6) is -1.32. The molecular formula is C22H40N2O16. The van der Waals surface area contributed by atoms with E-state index < -0.39 is 124 Å². The molecule has 0 radical (unpaired) electrons. The average molecular weight is 589 g/mol. The fraction of sp³-hybridized carbons (Fsp3) is 0.909. The van der Waals surface area contributed by atoms with Crippen molar-refractivity contribution >= 4 is 11.8 Å². The second-order valence-electron chi connectivity index (χ2n) is 9.61. The molecule has 234 valence electrons. The minimum Gasteiger partial charge on any atom is -0.394 e. The van der Waals surface area contributed by atoms with E-state index in [4.69, 9.17) is 18.9 Å². The van der Waals surface area contributed by atoms with Crippen LogP contribution in [0.1, 0.15) is 13.8 Å². The molecule has 0 spiro atoms. The minimum atomic E-state index is -2.02. The molecule has 0 bridgehead atoms. The molecule has 0 aromatic carbocycles. The number of aliphatic hydroxyl groups is 10.